The van der Waals surface area contributed by atoms with Crippen molar-refractivity contribution in [2.24, 2.45) is 0 Å². The Morgan fingerprint density at radius 1 is 1.39 bits per heavy atom. The molecule has 2 aromatic heterocycles. The lowest BCUT2D eigenvalue weighted by atomic mass is 10.1. The summed E-state index contributed by atoms with van der Waals surface area (Å²) in [5.41, 5.74) is 1.29. The number of hydrogen-bond acceptors (Lipinski definition) is 4. The zero-order chi connectivity index (χ0) is 13.3. The lowest BCUT2D eigenvalue weighted by Gasteiger charge is -2.15. The predicted octanol–water partition coefficient (Wildman–Crippen LogP) is 4.74. The molecule has 0 aromatic carbocycles. The number of aromatic nitrogens is 2. The molecule has 2 rings (SSSR count). The van der Waals surface area contributed by atoms with Crippen molar-refractivity contribution in [1.82, 2.24) is 9.97 Å². The number of aryl methyl sites for hydroxylation is 2. The van der Waals surface area contributed by atoms with Crippen LogP contribution < -0.4 is 5.32 Å². The van der Waals surface area contributed by atoms with Crippen molar-refractivity contribution in [3.8, 4) is 0 Å². The van der Waals surface area contributed by atoms with Crippen LogP contribution >= 0.6 is 38.9 Å². The minimum atomic E-state index is 0.178. The smallest absolute Gasteiger partial charge is 0.148 e. The highest BCUT2D eigenvalue weighted by atomic mass is 79.9. The molecule has 1 N–H and O–H groups in total. The molecule has 0 aliphatic heterocycles. The maximum Gasteiger partial charge on any atom is 0.148 e. The van der Waals surface area contributed by atoms with Gasteiger partial charge in [-0.05, 0) is 48.3 Å². The topological polar surface area (TPSA) is 37.8 Å². The Morgan fingerprint density at radius 2 is 2.11 bits per heavy atom. The van der Waals surface area contributed by atoms with Crippen LogP contribution in [0.25, 0.3) is 0 Å². The Hall–Kier alpha value is -0.650. The fourth-order valence-corrected chi connectivity index (χ4v) is 3.29. The second-order valence-corrected chi connectivity index (χ2v) is 6.67. The van der Waals surface area contributed by atoms with Crippen LogP contribution in [-0.4, -0.2) is 9.97 Å². The molecular weight excluding hydrogens is 334 g/mol. The summed E-state index contributed by atoms with van der Waals surface area (Å²) in [6.45, 7) is 6.36. The van der Waals surface area contributed by atoms with Crippen molar-refractivity contribution in [1.29, 1.82) is 0 Å². The van der Waals surface area contributed by atoms with Gasteiger partial charge >= 0.3 is 0 Å². The van der Waals surface area contributed by atoms with Crippen molar-refractivity contribution >= 4 is 44.7 Å². The molecule has 0 aliphatic carbocycles. The average Bonchev–Trinajstić information content (AvgIpc) is 2.64. The molecule has 0 saturated heterocycles. The lowest BCUT2D eigenvalue weighted by molar-refractivity contribution is 0.867. The highest BCUT2D eigenvalue weighted by Gasteiger charge is 2.14. The van der Waals surface area contributed by atoms with Gasteiger partial charge in [-0.1, -0.05) is 11.6 Å². The number of hydrogen-bond donors (Lipinski definition) is 1. The number of thiophene rings is 1. The number of anilines is 1. The summed E-state index contributed by atoms with van der Waals surface area (Å²) < 4.78 is 0.697. The zero-order valence-electron chi connectivity index (χ0n) is 10.3. The first-order chi connectivity index (χ1) is 8.49. The monoisotopic (exact) mass is 345 g/mol. The van der Waals surface area contributed by atoms with E-state index >= 15 is 0 Å². The van der Waals surface area contributed by atoms with E-state index in [1.165, 1.54) is 21.6 Å². The summed E-state index contributed by atoms with van der Waals surface area (Å²) in [6.07, 6.45) is 1.45. The van der Waals surface area contributed by atoms with Gasteiger partial charge < -0.3 is 5.32 Å². The molecule has 18 heavy (non-hydrogen) atoms. The molecule has 6 heteroatoms. The van der Waals surface area contributed by atoms with Gasteiger partial charge in [-0.3, -0.25) is 0 Å². The first-order valence-electron chi connectivity index (χ1n) is 5.48. The first kappa shape index (κ1) is 13.8. The van der Waals surface area contributed by atoms with Crippen molar-refractivity contribution in [3.05, 3.63) is 37.3 Å². The summed E-state index contributed by atoms with van der Waals surface area (Å²) in [4.78, 5) is 10.7. The molecule has 0 spiro atoms. The van der Waals surface area contributed by atoms with E-state index in [-0.39, 0.29) is 6.04 Å². The third-order valence-electron chi connectivity index (χ3n) is 2.65. The van der Waals surface area contributed by atoms with Crippen LogP contribution in [0.15, 0.2) is 16.9 Å². The van der Waals surface area contributed by atoms with Crippen LogP contribution in [0.3, 0.4) is 0 Å². The van der Waals surface area contributed by atoms with Crippen molar-refractivity contribution in [2.75, 3.05) is 5.32 Å². The molecule has 1 atom stereocenters. The summed E-state index contributed by atoms with van der Waals surface area (Å²) >= 11 is 11.1. The molecule has 96 valence electrons. The Kier molecular flexibility index (Phi) is 4.25. The lowest BCUT2D eigenvalue weighted by Crippen LogP contribution is -2.09. The summed E-state index contributed by atoms with van der Waals surface area (Å²) in [5.74, 6) is 0.714. The standard InChI is InChI=1S/C12H13BrClN3S/c1-6-4-9(8(3)18-6)7(2)17-12-10(13)11(14)15-5-16-12/h4-5,7H,1-3H3,(H,15,16,17). The van der Waals surface area contributed by atoms with E-state index in [4.69, 9.17) is 11.6 Å². The molecule has 3 nitrogen and oxygen atoms in total. The van der Waals surface area contributed by atoms with Gasteiger partial charge in [0, 0.05) is 9.75 Å². The van der Waals surface area contributed by atoms with Crippen LogP contribution in [0.1, 0.15) is 28.3 Å². The maximum atomic E-state index is 5.94. The summed E-state index contributed by atoms with van der Waals surface area (Å²) in [6, 6.07) is 2.38. The predicted molar refractivity (Wildman–Crippen MR) is 80.6 cm³/mol. The number of nitrogens with zero attached hydrogens (tertiary/aromatic N) is 2. The molecule has 0 fully saturated rings. The number of rotatable bonds is 3. The summed E-state index contributed by atoms with van der Waals surface area (Å²) in [5, 5.41) is 3.76. The largest absolute Gasteiger partial charge is 0.362 e. The third kappa shape index (κ3) is 2.84. The normalized spacial score (nSPS) is 12.5. The van der Waals surface area contributed by atoms with E-state index in [0.717, 1.165) is 0 Å². The van der Waals surface area contributed by atoms with Gasteiger partial charge in [0.05, 0.1) is 10.5 Å². The number of nitrogens with one attached hydrogen (secondary N) is 1. The second kappa shape index (κ2) is 5.55. The van der Waals surface area contributed by atoms with Crippen LogP contribution in [0.4, 0.5) is 5.82 Å². The van der Waals surface area contributed by atoms with Gasteiger partial charge in [0.25, 0.3) is 0 Å². The molecule has 0 radical (unpaired) electrons. The van der Waals surface area contributed by atoms with Crippen LogP contribution in [0.2, 0.25) is 5.15 Å². The van der Waals surface area contributed by atoms with Crippen LogP contribution in [0, 0.1) is 13.8 Å². The first-order valence-corrected chi connectivity index (χ1v) is 7.47. The minimum Gasteiger partial charge on any atom is -0.362 e. The molecule has 2 aromatic rings. The molecular formula is C12H13BrClN3S. The van der Waals surface area contributed by atoms with Gasteiger partial charge in [0.2, 0.25) is 0 Å². The van der Waals surface area contributed by atoms with Gasteiger partial charge in [-0.2, -0.15) is 0 Å². The molecule has 0 aliphatic rings. The van der Waals surface area contributed by atoms with E-state index in [1.54, 1.807) is 11.3 Å². The molecule has 0 saturated carbocycles. The third-order valence-corrected chi connectivity index (χ3v) is 4.89. The van der Waals surface area contributed by atoms with Gasteiger partial charge in [-0.15, -0.1) is 11.3 Å². The minimum absolute atomic E-state index is 0.178. The van der Waals surface area contributed by atoms with E-state index in [0.29, 0.717) is 15.4 Å². The zero-order valence-corrected chi connectivity index (χ0v) is 13.4. The van der Waals surface area contributed by atoms with Crippen molar-refractivity contribution in [2.45, 2.75) is 26.8 Å². The average molecular weight is 347 g/mol. The van der Waals surface area contributed by atoms with E-state index in [2.05, 4.69) is 58.1 Å². The SMILES string of the molecule is Cc1cc(C(C)Nc2ncnc(Cl)c2Br)c(C)s1. The quantitative estimate of drug-likeness (QED) is 0.815. The molecule has 1 unspecified atom stereocenters. The van der Waals surface area contributed by atoms with Gasteiger partial charge in [-0.25, -0.2) is 9.97 Å². The molecule has 0 bridgehead atoms. The Balaban J connectivity index is 2.24. The fourth-order valence-electron chi connectivity index (χ4n) is 1.81. The summed E-state index contributed by atoms with van der Waals surface area (Å²) in [7, 11) is 0. The second-order valence-electron chi connectivity index (χ2n) is 4.06. The van der Waals surface area contributed by atoms with Gasteiger partial charge in [0.15, 0.2) is 0 Å². The van der Waals surface area contributed by atoms with Crippen LogP contribution in [0.5, 0.6) is 0 Å². The fraction of sp³-hybridized carbons (Fsp3) is 0.333. The highest BCUT2D eigenvalue weighted by molar-refractivity contribution is 9.10. The number of halogens is 2. The van der Waals surface area contributed by atoms with Gasteiger partial charge in [0.1, 0.15) is 17.3 Å². The van der Waals surface area contributed by atoms with Crippen LogP contribution in [-0.2, 0) is 0 Å². The molecule has 2 heterocycles. The highest BCUT2D eigenvalue weighted by Crippen LogP contribution is 2.32. The van der Waals surface area contributed by atoms with Crippen molar-refractivity contribution in [3.63, 3.8) is 0 Å². The Labute approximate surface area is 124 Å². The Bertz CT molecular complexity index is 570. The van der Waals surface area contributed by atoms with Crippen molar-refractivity contribution < 1.29 is 0 Å². The maximum absolute atomic E-state index is 5.94. The molecule has 0 amide bonds. The van der Waals surface area contributed by atoms with E-state index in [9.17, 15) is 0 Å². The van der Waals surface area contributed by atoms with E-state index < -0.39 is 0 Å². The van der Waals surface area contributed by atoms with E-state index in [1.807, 2.05) is 0 Å². The Morgan fingerprint density at radius 3 is 2.72 bits per heavy atom.